The minimum atomic E-state index is -0.250. The summed E-state index contributed by atoms with van der Waals surface area (Å²) in [7, 11) is 0. The van der Waals surface area contributed by atoms with Crippen molar-refractivity contribution in [3.05, 3.63) is 169 Å². The number of hydrogen-bond donors (Lipinski definition) is 0. The Hall–Kier alpha value is -3.27. The Morgan fingerprint density at radius 1 is 0.714 bits per heavy atom. The molecule has 0 atom stereocenters. The summed E-state index contributed by atoms with van der Waals surface area (Å²) in [5.41, 5.74) is 11.9. The summed E-state index contributed by atoms with van der Waals surface area (Å²) in [6.07, 6.45) is 23.4. The van der Waals surface area contributed by atoms with Gasteiger partial charge in [0.25, 0.3) is 0 Å². The predicted molar refractivity (Wildman–Crippen MR) is 186 cm³/mol. The molecule has 1 nitrogen and oxygen atoms in total. The average Bonchev–Trinajstić information content (AvgIpc) is 3.43. The number of fused-ring (bicyclic) bond motifs is 6. The van der Waals surface area contributed by atoms with Crippen LogP contribution in [0.2, 0.25) is 0 Å². The summed E-state index contributed by atoms with van der Waals surface area (Å²) < 4.78 is 0. The Morgan fingerprint density at radius 3 is 1.67 bits per heavy atom. The maximum absolute atomic E-state index is 6.94. The third kappa shape index (κ3) is 11.5. The van der Waals surface area contributed by atoms with Crippen molar-refractivity contribution in [2.45, 2.75) is 32.7 Å². The summed E-state index contributed by atoms with van der Waals surface area (Å²) in [6, 6.07) is 29.2. The molecule has 0 saturated heterocycles. The Labute approximate surface area is 273 Å². The monoisotopic (exact) mass is 599 g/mol. The van der Waals surface area contributed by atoms with E-state index < -0.39 is 0 Å². The number of nitrogens with one attached hydrogen (secondary N) is 1. The van der Waals surface area contributed by atoms with Crippen LogP contribution < -0.4 is 10.4 Å². The minimum absolute atomic E-state index is 0. The van der Waals surface area contributed by atoms with Crippen LogP contribution in [-0.4, -0.2) is 16.5 Å². The summed E-state index contributed by atoms with van der Waals surface area (Å²) in [6.45, 7) is 5.56. The third-order valence-corrected chi connectivity index (χ3v) is 5.91. The smallest absolute Gasteiger partial charge is 0.673 e. The second-order valence-corrected chi connectivity index (χ2v) is 10.3. The summed E-state index contributed by atoms with van der Waals surface area (Å²) in [4.78, 5) is 0. The molecule has 0 aromatic heterocycles. The van der Waals surface area contributed by atoms with Gasteiger partial charge in [-0.3, -0.25) is 0 Å². The fourth-order valence-corrected chi connectivity index (χ4v) is 4.32. The number of benzene rings is 4. The second kappa shape index (κ2) is 19.0. The predicted octanol–water partition coefficient (Wildman–Crippen LogP) is 9.11. The molecule has 210 valence electrons. The zero-order valence-corrected chi connectivity index (χ0v) is 28.0. The van der Waals surface area contributed by atoms with Gasteiger partial charge < -0.3 is 20.6 Å². The van der Waals surface area contributed by atoms with E-state index in [4.69, 9.17) is 5.73 Å². The Balaban J connectivity index is 0.000000640. The van der Waals surface area contributed by atoms with E-state index in [2.05, 4.69) is 109 Å². The van der Waals surface area contributed by atoms with E-state index >= 15 is 0 Å². The summed E-state index contributed by atoms with van der Waals surface area (Å²) in [5, 5.41) is 5.42. The van der Waals surface area contributed by atoms with Gasteiger partial charge in [-0.05, 0) is 28.2 Å². The van der Waals surface area contributed by atoms with E-state index in [-0.39, 0.29) is 53.1 Å². The molecule has 0 saturated carbocycles. The van der Waals surface area contributed by atoms with E-state index in [1.807, 2.05) is 57.2 Å². The zero-order chi connectivity index (χ0) is 26.8. The van der Waals surface area contributed by atoms with Gasteiger partial charge in [-0.15, -0.1) is 5.54 Å². The van der Waals surface area contributed by atoms with Crippen LogP contribution in [0.1, 0.15) is 43.0 Å². The molecule has 0 unspecified atom stereocenters. The molecule has 2 aliphatic carbocycles. The SMILES string of the molecule is C(C=Cc1ccccc1)=Cc1ccccc1.CC(C)(C)[NH-].[C-]1=Cc2c3c(c4ccccc4c2=C1)=CC=CC3.[CH3-].[CH3-].[Si].[Ti+4]. The normalized spacial score (nSPS) is 11.9. The van der Waals surface area contributed by atoms with Gasteiger partial charge in [-0.25, -0.2) is 0 Å². The fourth-order valence-electron chi connectivity index (χ4n) is 4.32. The first-order valence-corrected chi connectivity index (χ1v) is 13.1. The molecule has 0 aliphatic heterocycles. The quantitative estimate of drug-likeness (QED) is 0.127. The van der Waals surface area contributed by atoms with Crippen LogP contribution in [0.15, 0.2) is 109 Å². The van der Waals surface area contributed by atoms with Crippen LogP contribution in [-0.2, 0) is 28.1 Å². The van der Waals surface area contributed by atoms with Gasteiger partial charge in [0.2, 0.25) is 0 Å². The first-order chi connectivity index (χ1) is 18.4. The molecular formula is C39H41NSiTi. The molecule has 3 heteroatoms. The topological polar surface area (TPSA) is 23.8 Å². The van der Waals surface area contributed by atoms with Crippen LogP contribution in [0, 0.1) is 20.9 Å². The van der Waals surface area contributed by atoms with E-state index in [9.17, 15) is 0 Å². The molecule has 4 aromatic rings. The van der Waals surface area contributed by atoms with Crippen molar-refractivity contribution in [1.82, 2.24) is 0 Å². The van der Waals surface area contributed by atoms with Gasteiger partial charge in [0.1, 0.15) is 0 Å². The molecule has 42 heavy (non-hydrogen) atoms. The fraction of sp³-hybridized carbons (Fsp3) is 0.128. The summed E-state index contributed by atoms with van der Waals surface area (Å²) in [5.74, 6) is 0. The van der Waals surface area contributed by atoms with Gasteiger partial charge in [0.05, 0.1) is 0 Å². The molecule has 6 rings (SSSR count). The van der Waals surface area contributed by atoms with Crippen LogP contribution in [0.5, 0.6) is 0 Å². The van der Waals surface area contributed by atoms with E-state index in [1.54, 1.807) is 0 Å². The van der Waals surface area contributed by atoms with Crippen LogP contribution in [0.3, 0.4) is 0 Å². The zero-order valence-electron chi connectivity index (χ0n) is 25.5. The van der Waals surface area contributed by atoms with Gasteiger partial charge in [0.15, 0.2) is 0 Å². The molecule has 0 heterocycles. The molecule has 4 aromatic carbocycles. The van der Waals surface area contributed by atoms with Gasteiger partial charge >= 0.3 is 21.7 Å². The molecule has 2 aliphatic rings. The minimum Gasteiger partial charge on any atom is -0.673 e. The number of allylic oxidation sites excluding steroid dienone is 5. The average molecular weight is 600 g/mol. The van der Waals surface area contributed by atoms with Crippen molar-refractivity contribution in [1.29, 1.82) is 0 Å². The first-order valence-electron chi connectivity index (χ1n) is 13.1. The molecule has 0 fully saturated rings. The largest absolute Gasteiger partial charge is 4.00 e. The first kappa shape index (κ1) is 38.7. The van der Waals surface area contributed by atoms with Crippen molar-refractivity contribution in [2.75, 3.05) is 0 Å². The second-order valence-electron chi connectivity index (χ2n) is 10.3. The molecule has 4 radical (unpaired) electrons. The van der Waals surface area contributed by atoms with Crippen LogP contribution in [0.25, 0.3) is 46.9 Å². The van der Waals surface area contributed by atoms with Crippen LogP contribution >= 0.6 is 0 Å². The Kier molecular flexibility index (Phi) is 17.5. The molecule has 0 bridgehead atoms. The van der Waals surface area contributed by atoms with Crippen molar-refractivity contribution >= 4 is 52.1 Å². The van der Waals surface area contributed by atoms with Gasteiger partial charge in [-0.2, -0.15) is 29.0 Å². The third-order valence-electron chi connectivity index (χ3n) is 5.91. The molecular weight excluding hydrogens is 558 g/mol. The van der Waals surface area contributed by atoms with Crippen molar-refractivity contribution in [3.63, 3.8) is 0 Å². The maximum atomic E-state index is 6.94. The van der Waals surface area contributed by atoms with Gasteiger partial charge in [-0.1, -0.05) is 159 Å². The number of rotatable bonds is 3. The standard InChI is InChI=1S/C17H11.C16H14.C4H10N.2CH3.Si.Ti/c1-3-8-14-12(6-1)13-7-2-4-9-15(13)17-11-5-10-16(14)17;1-3-9-15(10-4-1)13-7-8-14-16-11-5-2-6-12-16;1-4(2,3)5;;;;/h1-4,6-8,10-11H,9H2;1-14H;5H,1-3H3;2*1H3;;/q-1;;3*-1;;+4. The Bertz CT molecular complexity index is 1550. The molecule has 0 spiro atoms. The van der Waals surface area contributed by atoms with E-state index in [1.165, 1.54) is 43.5 Å². The van der Waals surface area contributed by atoms with Gasteiger partial charge in [0, 0.05) is 11.0 Å². The van der Waals surface area contributed by atoms with Crippen molar-refractivity contribution < 1.29 is 21.7 Å². The summed E-state index contributed by atoms with van der Waals surface area (Å²) >= 11 is 0. The Morgan fingerprint density at radius 2 is 1.17 bits per heavy atom. The van der Waals surface area contributed by atoms with Crippen LogP contribution in [0.4, 0.5) is 0 Å². The number of hydrogen-bond acceptors (Lipinski definition) is 0. The molecule has 0 amide bonds. The van der Waals surface area contributed by atoms with E-state index in [0.29, 0.717) is 0 Å². The maximum Gasteiger partial charge on any atom is 4.00 e. The van der Waals surface area contributed by atoms with E-state index in [0.717, 1.165) is 6.42 Å². The van der Waals surface area contributed by atoms with Crippen molar-refractivity contribution in [3.8, 4) is 0 Å². The van der Waals surface area contributed by atoms with Crippen molar-refractivity contribution in [2.24, 2.45) is 0 Å². The molecule has 1 N–H and O–H groups in total.